The van der Waals surface area contributed by atoms with E-state index in [1.165, 1.54) is 21.9 Å². The predicted molar refractivity (Wildman–Crippen MR) is 107 cm³/mol. The van der Waals surface area contributed by atoms with Gasteiger partial charge in [-0.15, -0.1) is 0 Å². The number of nitrogens with zero attached hydrogens (tertiary/aromatic N) is 3. The molecule has 0 saturated heterocycles. The number of carbonyl (C=O) groups excluding carboxylic acids is 2. The summed E-state index contributed by atoms with van der Waals surface area (Å²) in [6, 6.07) is 15.1. The van der Waals surface area contributed by atoms with Gasteiger partial charge in [0.15, 0.2) is 0 Å². The number of hydrogen-bond acceptors (Lipinski definition) is 4. The van der Waals surface area contributed by atoms with E-state index in [1.807, 2.05) is 6.07 Å². The van der Waals surface area contributed by atoms with Gasteiger partial charge in [-0.1, -0.05) is 18.2 Å². The van der Waals surface area contributed by atoms with Crippen LogP contribution in [0.25, 0.3) is 0 Å². The van der Waals surface area contributed by atoms with Gasteiger partial charge in [0.2, 0.25) is 15.9 Å². The molecule has 0 bridgehead atoms. The summed E-state index contributed by atoms with van der Waals surface area (Å²) >= 11 is 0. The molecule has 144 valence electrons. The lowest BCUT2D eigenvalue weighted by Crippen LogP contribution is -2.41. The maximum atomic E-state index is 12.6. The molecule has 0 unspecified atom stereocenters. The predicted octanol–water partition coefficient (Wildman–Crippen LogP) is 1.82. The molecule has 2 rings (SSSR count). The Labute approximate surface area is 159 Å². The van der Waals surface area contributed by atoms with Crippen LogP contribution in [0.4, 0.5) is 11.4 Å². The minimum Gasteiger partial charge on any atom is -0.345 e. The molecule has 2 aromatic carbocycles. The molecule has 0 aromatic heterocycles. The zero-order chi connectivity index (χ0) is 20.2. The van der Waals surface area contributed by atoms with E-state index in [9.17, 15) is 18.0 Å². The summed E-state index contributed by atoms with van der Waals surface area (Å²) in [5.74, 6) is -0.563. The van der Waals surface area contributed by atoms with Crippen molar-refractivity contribution in [3.63, 3.8) is 0 Å². The van der Waals surface area contributed by atoms with Crippen molar-refractivity contribution in [2.24, 2.45) is 0 Å². The molecule has 7 nitrogen and oxygen atoms in total. The molecule has 2 amide bonds. The number of sulfonamides is 1. The van der Waals surface area contributed by atoms with Crippen molar-refractivity contribution >= 4 is 33.2 Å². The first-order valence-electron chi connectivity index (χ1n) is 8.22. The summed E-state index contributed by atoms with van der Waals surface area (Å²) in [6.45, 7) is -0.342. The Bertz CT molecular complexity index is 910. The van der Waals surface area contributed by atoms with Crippen LogP contribution in [0, 0.1) is 0 Å². The summed E-state index contributed by atoms with van der Waals surface area (Å²) in [7, 11) is 1.18. The van der Waals surface area contributed by atoms with Crippen molar-refractivity contribution in [1.29, 1.82) is 0 Å². The Kier molecular flexibility index (Phi) is 6.22. The molecular weight excluding hydrogens is 366 g/mol. The summed E-state index contributed by atoms with van der Waals surface area (Å²) in [6.07, 6.45) is 1.04. The van der Waals surface area contributed by atoms with Crippen molar-refractivity contribution in [3.8, 4) is 0 Å². The molecular formula is C19H23N3O4S. The van der Waals surface area contributed by atoms with Gasteiger partial charge in [0.25, 0.3) is 5.91 Å². The van der Waals surface area contributed by atoms with Crippen molar-refractivity contribution < 1.29 is 18.0 Å². The van der Waals surface area contributed by atoms with Crippen LogP contribution >= 0.6 is 0 Å². The first-order valence-corrected chi connectivity index (χ1v) is 10.1. The van der Waals surface area contributed by atoms with Crippen LogP contribution in [-0.2, 0) is 14.8 Å². The van der Waals surface area contributed by atoms with Gasteiger partial charge >= 0.3 is 0 Å². The van der Waals surface area contributed by atoms with Crippen LogP contribution in [0.3, 0.4) is 0 Å². The molecule has 8 heteroatoms. The van der Waals surface area contributed by atoms with E-state index in [-0.39, 0.29) is 18.4 Å². The minimum absolute atomic E-state index is 0.188. The van der Waals surface area contributed by atoms with Gasteiger partial charge in [-0.3, -0.25) is 13.9 Å². The largest absolute Gasteiger partial charge is 0.345 e. The van der Waals surface area contributed by atoms with Gasteiger partial charge in [-0.25, -0.2) is 8.42 Å². The number of benzene rings is 2. The highest BCUT2D eigenvalue weighted by atomic mass is 32.2. The number of carbonyl (C=O) groups is 2. The van der Waals surface area contributed by atoms with Gasteiger partial charge in [-0.05, 0) is 36.4 Å². The third-order valence-corrected chi connectivity index (χ3v) is 5.15. The Hall–Kier alpha value is -2.87. The number of likely N-dealkylation sites (N-methyl/N-ethyl adjacent to an activating group) is 1. The second-order valence-electron chi connectivity index (χ2n) is 6.30. The second-order valence-corrected chi connectivity index (χ2v) is 8.21. The SMILES string of the molecule is CN(C)C(=O)c1ccc(N(CC(=O)N(C)c2ccccc2)S(C)(=O)=O)cc1. The average Bonchev–Trinajstić information content (AvgIpc) is 2.64. The standard InChI is InChI=1S/C19H23N3O4S/c1-20(2)19(24)15-10-12-17(13-11-15)22(27(4,25)26)14-18(23)21(3)16-8-6-5-7-9-16/h5-13H,14H2,1-4H3. The fraction of sp³-hybridized carbons (Fsp3) is 0.263. The lowest BCUT2D eigenvalue weighted by atomic mass is 10.2. The molecule has 0 atom stereocenters. The molecule has 0 aliphatic heterocycles. The van der Waals surface area contributed by atoms with Gasteiger partial charge in [0.05, 0.1) is 11.9 Å². The minimum atomic E-state index is -3.69. The quantitative estimate of drug-likeness (QED) is 0.755. The fourth-order valence-electron chi connectivity index (χ4n) is 2.45. The van der Waals surface area contributed by atoms with Crippen LogP contribution < -0.4 is 9.21 Å². The summed E-state index contributed by atoms with van der Waals surface area (Å²) in [5.41, 5.74) is 1.43. The van der Waals surface area contributed by atoms with Crippen LogP contribution in [0.5, 0.6) is 0 Å². The van der Waals surface area contributed by atoms with E-state index in [2.05, 4.69) is 0 Å². The first-order chi connectivity index (χ1) is 12.6. The molecule has 0 aliphatic rings. The third kappa shape index (κ3) is 5.07. The summed E-state index contributed by atoms with van der Waals surface area (Å²) in [4.78, 5) is 27.4. The lowest BCUT2D eigenvalue weighted by molar-refractivity contribution is -0.116. The molecule has 0 radical (unpaired) electrons. The zero-order valence-corrected chi connectivity index (χ0v) is 16.6. The van der Waals surface area contributed by atoms with Crippen LogP contribution in [0.2, 0.25) is 0 Å². The number of para-hydroxylation sites is 1. The van der Waals surface area contributed by atoms with Crippen LogP contribution in [0.15, 0.2) is 54.6 Å². The molecule has 0 aliphatic carbocycles. The molecule has 0 heterocycles. The van der Waals surface area contributed by atoms with Gasteiger partial charge in [-0.2, -0.15) is 0 Å². The average molecular weight is 389 g/mol. The molecule has 27 heavy (non-hydrogen) atoms. The van der Waals surface area contributed by atoms with E-state index in [1.54, 1.807) is 57.5 Å². The molecule has 0 N–H and O–H groups in total. The zero-order valence-electron chi connectivity index (χ0n) is 15.8. The van der Waals surface area contributed by atoms with E-state index in [0.29, 0.717) is 16.9 Å². The molecule has 2 aromatic rings. The normalized spacial score (nSPS) is 11.0. The van der Waals surface area contributed by atoms with E-state index in [4.69, 9.17) is 0 Å². The number of rotatable bonds is 6. The Balaban J connectivity index is 2.26. The second kappa shape index (κ2) is 8.22. The maximum absolute atomic E-state index is 12.6. The third-order valence-electron chi connectivity index (χ3n) is 4.01. The molecule has 0 fully saturated rings. The van der Waals surface area contributed by atoms with Crippen LogP contribution in [-0.4, -0.2) is 59.1 Å². The van der Waals surface area contributed by atoms with Crippen molar-refractivity contribution in [3.05, 3.63) is 60.2 Å². The summed E-state index contributed by atoms with van der Waals surface area (Å²) < 4.78 is 25.5. The summed E-state index contributed by atoms with van der Waals surface area (Å²) in [5, 5.41) is 0. The van der Waals surface area contributed by atoms with Crippen molar-refractivity contribution in [2.75, 3.05) is 43.1 Å². The fourth-order valence-corrected chi connectivity index (χ4v) is 3.30. The monoisotopic (exact) mass is 389 g/mol. The highest BCUT2D eigenvalue weighted by molar-refractivity contribution is 7.92. The van der Waals surface area contributed by atoms with E-state index in [0.717, 1.165) is 10.6 Å². The number of hydrogen-bond donors (Lipinski definition) is 0. The van der Waals surface area contributed by atoms with Gasteiger partial charge in [0.1, 0.15) is 6.54 Å². The molecule has 0 spiro atoms. The van der Waals surface area contributed by atoms with Gasteiger partial charge in [0, 0.05) is 32.4 Å². The lowest BCUT2D eigenvalue weighted by Gasteiger charge is -2.25. The van der Waals surface area contributed by atoms with Crippen molar-refractivity contribution in [1.82, 2.24) is 4.90 Å². The van der Waals surface area contributed by atoms with Gasteiger partial charge < -0.3 is 9.80 Å². The highest BCUT2D eigenvalue weighted by Gasteiger charge is 2.23. The number of anilines is 2. The van der Waals surface area contributed by atoms with Crippen molar-refractivity contribution in [2.45, 2.75) is 0 Å². The van der Waals surface area contributed by atoms with E-state index >= 15 is 0 Å². The van der Waals surface area contributed by atoms with E-state index < -0.39 is 10.0 Å². The van der Waals surface area contributed by atoms with Crippen LogP contribution in [0.1, 0.15) is 10.4 Å². The first kappa shape index (κ1) is 20.4. The Morgan fingerprint density at radius 1 is 0.852 bits per heavy atom. The maximum Gasteiger partial charge on any atom is 0.253 e. The topological polar surface area (TPSA) is 78.0 Å². The Morgan fingerprint density at radius 2 is 1.41 bits per heavy atom. The molecule has 0 saturated carbocycles. The Morgan fingerprint density at radius 3 is 1.89 bits per heavy atom. The smallest absolute Gasteiger partial charge is 0.253 e. The highest BCUT2D eigenvalue weighted by Crippen LogP contribution is 2.20. The number of amides is 2.